The summed E-state index contributed by atoms with van der Waals surface area (Å²) in [5.74, 6) is 0.0350. The van der Waals surface area contributed by atoms with Crippen molar-refractivity contribution < 1.29 is 9.90 Å². The lowest BCUT2D eigenvalue weighted by atomic mass is 10.0. The quantitative estimate of drug-likeness (QED) is 0.793. The van der Waals surface area contributed by atoms with E-state index in [4.69, 9.17) is 0 Å². The fourth-order valence-electron chi connectivity index (χ4n) is 3.18. The predicted octanol–water partition coefficient (Wildman–Crippen LogP) is -0.0181. The molecule has 8 nitrogen and oxygen atoms in total. The Labute approximate surface area is 147 Å². The van der Waals surface area contributed by atoms with Gasteiger partial charge in [0.15, 0.2) is 0 Å². The van der Waals surface area contributed by atoms with Gasteiger partial charge in [0.05, 0.1) is 6.10 Å². The van der Waals surface area contributed by atoms with Crippen LogP contribution in [-0.4, -0.2) is 79.8 Å². The second kappa shape index (κ2) is 8.17. The number of β-amino-alcohol motifs (C(OH)–C–C–N with tert-alkyl or cyclic N) is 1. The number of aliphatic hydroxyl groups is 1. The molecule has 2 unspecified atom stereocenters. The molecule has 0 bridgehead atoms. The molecule has 2 atom stereocenters. The number of nitrogens with zero attached hydrogens (tertiary/aromatic N) is 6. The van der Waals surface area contributed by atoms with Crippen molar-refractivity contribution in [3.63, 3.8) is 0 Å². The maximum Gasteiger partial charge on any atom is 0.248 e. The largest absolute Gasteiger partial charge is 0.392 e. The number of carbonyl (C=O) groups is 1. The van der Waals surface area contributed by atoms with Gasteiger partial charge >= 0.3 is 0 Å². The summed E-state index contributed by atoms with van der Waals surface area (Å²) in [6.45, 7) is 5.26. The van der Waals surface area contributed by atoms with Crippen molar-refractivity contribution in [1.82, 2.24) is 30.0 Å². The minimum atomic E-state index is -0.444. The highest BCUT2D eigenvalue weighted by molar-refractivity contribution is 5.80. The van der Waals surface area contributed by atoms with Gasteiger partial charge in [-0.15, -0.1) is 5.10 Å². The van der Waals surface area contributed by atoms with Crippen molar-refractivity contribution in [1.29, 1.82) is 0 Å². The fourth-order valence-corrected chi connectivity index (χ4v) is 3.18. The third kappa shape index (κ3) is 4.61. The van der Waals surface area contributed by atoms with Gasteiger partial charge in [-0.3, -0.25) is 9.69 Å². The van der Waals surface area contributed by atoms with E-state index >= 15 is 0 Å². The highest BCUT2D eigenvalue weighted by atomic mass is 16.3. The average Bonchev–Trinajstić information content (AvgIpc) is 3.14. The zero-order valence-corrected chi connectivity index (χ0v) is 14.4. The molecule has 0 spiro atoms. The number of amides is 1. The number of hydrogen-bond donors (Lipinski definition) is 1. The third-order valence-electron chi connectivity index (χ3n) is 4.45. The number of hydrogen-bond acceptors (Lipinski definition) is 6. The summed E-state index contributed by atoms with van der Waals surface area (Å²) in [5.41, 5.74) is 1.07. The molecule has 1 aliphatic rings. The Morgan fingerprint density at radius 3 is 2.52 bits per heavy atom. The van der Waals surface area contributed by atoms with Gasteiger partial charge in [-0.05, 0) is 22.9 Å². The second-order valence-corrected chi connectivity index (χ2v) is 6.47. The monoisotopic (exact) mass is 344 g/mol. The van der Waals surface area contributed by atoms with E-state index in [2.05, 4.69) is 20.4 Å². The molecule has 2 aromatic rings. The number of carbonyl (C=O) groups excluding carboxylic acids is 1. The lowest BCUT2D eigenvalue weighted by molar-refractivity contribution is -0.137. The summed E-state index contributed by atoms with van der Waals surface area (Å²) < 4.78 is 1.54. The Bertz CT molecular complexity index is 653. The van der Waals surface area contributed by atoms with E-state index in [-0.39, 0.29) is 12.0 Å². The Morgan fingerprint density at radius 2 is 1.92 bits per heavy atom. The molecule has 25 heavy (non-hydrogen) atoms. The topological polar surface area (TPSA) is 87.4 Å². The number of aromatic nitrogens is 4. The van der Waals surface area contributed by atoms with Crippen LogP contribution in [0.25, 0.3) is 0 Å². The number of aliphatic hydroxyl groups excluding tert-OH is 1. The van der Waals surface area contributed by atoms with Gasteiger partial charge in [-0.1, -0.05) is 30.3 Å². The van der Waals surface area contributed by atoms with E-state index in [0.717, 1.165) is 18.7 Å². The van der Waals surface area contributed by atoms with E-state index in [1.54, 1.807) is 6.92 Å². The molecular weight excluding hydrogens is 320 g/mol. The molecule has 0 saturated carbocycles. The number of rotatable bonds is 6. The van der Waals surface area contributed by atoms with Gasteiger partial charge < -0.3 is 10.0 Å². The van der Waals surface area contributed by atoms with Crippen LogP contribution in [-0.2, 0) is 11.2 Å². The van der Waals surface area contributed by atoms with Crippen molar-refractivity contribution in [2.45, 2.75) is 25.5 Å². The van der Waals surface area contributed by atoms with Crippen molar-refractivity contribution in [2.24, 2.45) is 0 Å². The summed E-state index contributed by atoms with van der Waals surface area (Å²) in [6, 6.07) is 9.45. The molecule has 1 fully saturated rings. The summed E-state index contributed by atoms with van der Waals surface area (Å²) in [5, 5.41) is 20.8. The van der Waals surface area contributed by atoms with E-state index in [0.29, 0.717) is 26.1 Å². The third-order valence-corrected chi connectivity index (χ3v) is 4.45. The van der Waals surface area contributed by atoms with Crippen molar-refractivity contribution >= 4 is 5.91 Å². The Balaban J connectivity index is 1.68. The van der Waals surface area contributed by atoms with Gasteiger partial charge in [-0.2, -0.15) is 0 Å². The first-order chi connectivity index (χ1) is 12.1. The van der Waals surface area contributed by atoms with Gasteiger partial charge in [-0.25, -0.2) is 4.68 Å². The molecule has 1 aliphatic heterocycles. The smallest absolute Gasteiger partial charge is 0.248 e. The lowest BCUT2D eigenvalue weighted by Crippen LogP contribution is -2.52. The van der Waals surface area contributed by atoms with Gasteiger partial charge in [0, 0.05) is 39.1 Å². The second-order valence-electron chi connectivity index (χ2n) is 6.47. The minimum Gasteiger partial charge on any atom is -0.392 e. The Kier molecular flexibility index (Phi) is 5.72. The molecule has 1 saturated heterocycles. The highest BCUT2D eigenvalue weighted by Gasteiger charge is 2.29. The van der Waals surface area contributed by atoms with E-state index in [1.165, 1.54) is 11.0 Å². The maximum atomic E-state index is 13.1. The molecule has 1 aromatic heterocycles. The normalized spacial score (nSPS) is 18.1. The first-order valence-electron chi connectivity index (χ1n) is 8.59. The van der Waals surface area contributed by atoms with Crippen LogP contribution >= 0.6 is 0 Å². The van der Waals surface area contributed by atoms with Crippen LogP contribution in [0.5, 0.6) is 0 Å². The van der Waals surface area contributed by atoms with Crippen LogP contribution in [0.1, 0.15) is 18.5 Å². The average molecular weight is 344 g/mol. The molecule has 0 aliphatic carbocycles. The van der Waals surface area contributed by atoms with Crippen LogP contribution < -0.4 is 0 Å². The summed E-state index contributed by atoms with van der Waals surface area (Å²) >= 11 is 0. The lowest BCUT2D eigenvalue weighted by Gasteiger charge is -2.36. The molecule has 2 heterocycles. The number of piperazine rings is 1. The molecule has 8 heteroatoms. The van der Waals surface area contributed by atoms with Gasteiger partial charge in [0.2, 0.25) is 5.91 Å². The predicted molar refractivity (Wildman–Crippen MR) is 91.7 cm³/mol. The first-order valence-corrected chi connectivity index (χ1v) is 8.59. The van der Waals surface area contributed by atoms with Crippen molar-refractivity contribution in [2.75, 3.05) is 32.7 Å². The number of benzene rings is 1. The molecule has 134 valence electrons. The van der Waals surface area contributed by atoms with Gasteiger partial charge in [0.1, 0.15) is 12.4 Å². The zero-order chi connectivity index (χ0) is 17.6. The molecule has 3 rings (SSSR count). The molecule has 1 aromatic carbocycles. The molecule has 1 N–H and O–H groups in total. The summed E-state index contributed by atoms with van der Waals surface area (Å²) in [6.07, 6.45) is 1.70. The highest BCUT2D eigenvalue weighted by Crippen LogP contribution is 2.17. The van der Waals surface area contributed by atoms with Gasteiger partial charge in [0.25, 0.3) is 0 Å². The van der Waals surface area contributed by atoms with Crippen LogP contribution in [0.4, 0.5) is 0 Å². The van der Waals surface area contributed by atoms with Crippen LogP contribution in [0.3, 0.4) is 0 Å². The van der Waals surface area contributed by atoms with Crippen LogP contribution in [0.15, 0.2) is 36.7 Å². The van der Waals surface area contributed by atoms with E-state index < -0.39 is 6.04 Å². The standard InChI is InChI=1S/C17H24N6O2/c1-14(24)12-21-7-9-22(10-8-21)17(25)16(23-13-18-19-20-23)11-15-5-3-2-4-6-15/h2-6,13-14,16,24H,7-12H2,1H3. The van der Waals surface area contributed by atoms with Crippen LogP contribution in [0.2, 0.25) is 0 Å². The first kappa shape index (κ1) is 17.5. The molecule has 0 radical (unpaired) electrons. The van der Waals surface area contributed by atoms with E-state index in [9.17, 15) is 9.90 Å². The van der Waals surface area contributed by atoms with Crippen LogP contribution in [0, 0.1) is 0 Å². The van der Waals surface area contributed by atoms with Crippen molar-refractivity contribution in [3.8, 4) is 0 Å². The Morgan fingerprint density at radius 1 is 1.20 bits per heavy atom. The zero-order valence-electron chi connectivity index (χ0n) is 14.4. The summed E-state index contributed by atoms with van der Waals surface area (Å²) in [7, 11) is 0. The minimum absolute atomic E-state index is 0.0350. The Hall–Kier alpha value is -2.32. The maximum absolute atomic E-state index is 13.1. The summed E-state index contributed by atoms with van der Waals surface area (Å²) in [4.78, 5) is 17.1. The molecular formula is C17H24N6O2. The SMILES string of the molecule is CC(O)CN1CCN(C(=O)C(Cc2ccccc2)n2cnnn2)CC1. The fraction of sp³-hybridized carbons (Fsp3) is 0.529. The number of tetrazole rings is 1. The van der Waals surface area contributed by atoms with E-state index in [1.807, 2.05) is 35.2 Å². The van der Waals surface area contributed by atoms with Crippen molar-refractivity contribution in [3.05, 3.63) is 42.2 Å². The molecule has 1 amide bonds.